The number of piperidine rings is 1. The summed E-state index contributed by atoms with van der Waals surface area (Å²) in [6, 6.07) is 12.9. The molecule has 2 aliphatic rings. The zero-order valence-electron chi connectivity index (χ0n) is 17.2. The molecule has 1 fully saturated rings. The van der Waals surface area contributed by atoms with Crippen LogP contribution >= 0.6 is 0 Å². The second kappa shape index (κ2) is 8.73. The fourth-order valence-corrected chi connectivity index (χ4v) is 4.51. The van der Waals surface area contributed by atoms with Gasteiger partial charge >= 0.3 is 0 Å². The van der Waals surface area contributed by atoms with Gasteiger partial charge in [0.1, 0.15) is 5.75 Å². The lowest BCUT2D eigenvalue weighted by Crippen LogP contribution is -2.49. The normalized spacial score (nSPS) is 19.7. The Morgan fingerprint density at radius 3 is 2.63 bits per heavy atom. The Kier molecular flexibility index (Phi) is 5.88. The van der Waals surface area contributed by atoms with Crippen molar-refractivity contribution in [3.8, 4) is 5.75 Å². The Hall–Kier alpha value is -3.09. The molecule has 0 saturated carbocycles. The number of ether oxygens (including phenoxy) is 1. The number of likely N-dealkylation sites (tertiary alicyclic amines) is 1. The highest BCUT2D eigenvalue weighted by molar-refractivity contribution is 5.83. The molecule has 1 N–H and O–H groups in total. The van der Waals surface area contributed by atoms with Gasteiger partial charge < -0.3 is 19.5 Å². The summed E-state index contributed by atoms with van der Waals surface area (Å²) in [7, 11) is 1.61. The molecule has 1 unspecified atom stereocenters. The molecule has 4 rings (SSSR count). The van der Waals surface area contributed by atoms with Gasteiger partial charge in [-0.25, -0.2) is 0 Å². The number of benzene rings is 1. The number of pyridine rings is 1. The Bertz CT molecular complexity index is 983. The van der Waals surface area contributed by atoms with Gasteiger partial charge in [0.2, 0.25) is 11.8 Å². The molecule has 1 aromatic heterocycles. The van der Waals surface area contributed by atoms with E-state index in [0.29, 0.717) is 32.1 Å². The van der Waals surface area contributed by atoms with Gasteiger partial charge in [-0.15, -0.1) is 0 Å². The standard InChI is InChI=1S/C23H27N3O4/c1-30-19-7-5-16(6-8-19)12-24-21(27)9-10-22(28)25-13-17-11-18(15-25)20-3-2-4-23(29)26(20)14-17/h2-8,17-18H,9-15H2,1H3,(H,24,27)/t17-,18?/m1/s1. The number of rotatable bonds is 6. The van der Waals surface area contributed by atoms with Crippen molar-refractivity contribution < 1.29 is 14.3 Å². The zero-order valence-corrected chi connectivity index (χ0v) is 17.2. The van der Waals surface area contributed by atoms with Crippen LogP contribution in [0.3, 0.4) is 0 Å². The lowest BCUT2D eigenvalue weighted by atomic mass is 9.83. The van der Waals surface area contributed by atoms with E-state index in [0.717, 1.165) is 23.4 Å². The summed E-state index contributed by atoms with van der Waals surface area (Å²) in [6.45, 7) is 2.36. The Balaban J connectivity index is 1.27. The highest BCUT2D eigenvalue weighted by atomic mass is 16.5. The van der Waals surface area contributed by atoms with Crippen molar-refractivity contribution in [3.63, 3.8) is 0 Å². The van der Waals surface area contributed by atoms with Crippen LogP contribution in [0.4, 0.5) is 0 Å². The molecule has 1 aromatic carbocycles. The molecule has 2 atom stereocenters. The highest BCUT2D eigenvalue weighted by Gasteiger charge is 2.36. The molecule has 0 radical (unpaired) electrons. The average Bonchev–Trinajstić information content (AvgIpc) is 2.77. The number of hydrogen-bond acceptors (Lipinski definition) is 4. The molecular weight excluding hydrogens is 382 g/mol. The van der Waals surface area contributed by atoms with Crippen molar-refractivity contribution in [1.82, 2.24) is 14.8 Å². The maximum Gasteiger partial charge on any atom is 0.250 e. The van der Waals surface area contributed by atoms with Crippen molar-refractivity contribution in [1.29, 1.82) is 0 Å². The zero-order chi connectivity index (χ0) is 21.1. The van der Waals surface area contributed by atoms with Crippen molar-refractivity contribution in [2.24, 2.45) is 5.92 Å². The fraction of sp³-hybridized carbons (Fsp3) is 0.435. The van der Waals surface area contributed by atoms with Crippen LogP contribution in [0.15, 0.2) is 47.3 Å². The van der Waals surface area contributed by atoms with Crippen LogP contribution in [0, 0.1) is 5.92 Å². The summed E-state index contributed by atoms with van der Waals surface area (Å²) in [5.41, 5.74) is 2.04. The monoisotopic (exact) mass is 409 g/mol. The van der Waals surface area contributed by atoms with Gasteiger partial charge in [-0.2, -0.15) is 0 Å². The molecule has 2 aromatic rings. The summed E-state index contributed by atoms with van der Waals surface area (Å²) in [6.07, 6.45) is 1.39. The van der Waals surface area contributed by atoms with Crippen LogP contribution in [0.1, 0.15) is 36.4 Å². The van der Waals surface area contributed by atoms with Crippen LogP contribution in [0.2, 0.25) is 0 Å². The second-order valence-corrected chi connectivity index (χ2v) is 8.12. The predicted molar refractivity (Wildman–Crippen MR) is 112 cm³/mol. The molecule has 158 valence electrons. The molecule has 7 heteroatoms. The van der Waals surface area contributed by atoms with Crippen LogP contribution in [-0.4, -0.2) is 41.5 Å². The summed E-state index contributed by atoms with van der Waals surface area (Å²) in [5, 5.41) is 2.87. The molecule has 1 saturated heterocycles. The van der Waals surface area contributed by atoms with E-state index in [9.17, 15) is 14.4 Å². The van der Waals surface area contributed by atoms with Crippen LogP contribution in [-0.2, 0) is 22.7 Å². The summed E-state index contributed by atoms with van der Waals surface area (Å²) >= 11 is 0. The first kappa shape index (κ1) is 20.2. The molecule has 3 heterocycles. The first-order chi connectivity index (χ1) is 14.5. The molecule has 2 amide bonds. The number of carbonyl (C=O) groups is 2. The topological polar surface area (TPSA) is 80.6 Å². The van der Waals surface area contributed by atoms with Gasteiger partial charge in [-0.1, -0.05) is 18.2 Å². The fourth-order valence-electron chi connectivity index (χ4n) is 4.51. The van der Waals surface area contributed by atoms with Crippen molar-refractivity contribution in [2.75, 3.05) is 20.2 Å². The van der Waals surface area contributed by atoms with E-state index < -0.39 is 0 Å². The Labute approximate surface area is 175 Å². The number of nitrogens with zero attached hydrogens (tertiary/aromatic N) is 2. The number of hydrogen-bond donors (Lipinski definition) is 1. The lowest BCUT2D eigenvalue weighted by Gasteiger charge is -2.42. The van der Waals surface area contributed by atoms with E-state index in [1.165, 1.54) is 0 Å². The summed E-state index contributed by atoms with van der Waals surface area (Å²) in [4.78, 5) is 38.9. The Morgan fingerprint density at radius 2 is 1.87 bits per heavy atom. The van der Waals surface area contributed by atoms with Gasteiger partial charge in [0.25, 0.3) is 5.56 Å². The number of nitrogens with one attached hydrogen (secondary N) is 1. The third kappa shape index (κ3) is 4.40. The summed E-state index contributed by atoms with van der Waals surface area (Å²) < 4.78 is 6.98. The van der Waals surface area contributed by atoms with E-state index >= 15 is 0 Å². The van der Waals surface area contributed by atoms with E-state index in [4.69, 9.17) is 4.74 Å². The first-order valence-electron chi connectivity index (χ1n) is 10.4. The number of carbonyl (C=O) groups excluding carboxylic acids is 2. The SMILES string of the molecule is COc1ccc(CNC(=O)CCC(=O)N2CC3C[C@H](C2)Cn2c3cccc2=O)cc1. The molecule has 0 aliphatic carbocycles. The number of aromatic nitrogens is 1. The number of methoxy groups -OCH3 is 1. The maximum atomic E-state index is 12.7. The quantitative estimate of drug-likeness (QED) is 0.790. The minimum absolute atomic E-state index is 0.0102. The molecule has 0 spiro atoms. The second-order valence-electron chi connectivity index (χ2n) is 8.12. The maximum absolute atomic E-state index is 12.7. The third-order valence-corrected chi connectivity index (χ3v) is 6.05. The number of fused-ring (bicyclic) bond motifs is 4. The van der Waals surface area contributed by atoms with E-state index in [1.54, 1.807) is 19.2 Å². The minimum Gasteiger partial charge on any atom is -0.497 e. The van der Waals surface area contributed by atoms with Crippen molar-refractivity contribution in [2.45, 2.75) is 38.3 Å². The van der Waals surface area contributed by atoms with Gasteiger partial charge in [0.05, 0.1) is 7.11 Å². The van der Waals surface area contributed by atoms with Gasteiger partial charge in [0.15, 0.2) is 0 Å². The van der Waals surface area contributed by atoms with Gasteiger partial charge in [-0.3, -0.25) is 14.4 Å². The highest BCUT2D eigenvalue weighted by Crippen LogP contribution is 2.35. The molecule has 2 bridgehead atoms. The first-order valence-corrected chi connectivity index (χ1v) is 10.4. The van der Waals surface area contributed by atoms with E-state index in [1.807, 2.05) is 39.8 Å². The van der Waals surface area contributed by atoms with Crippen LogP contribution in [0.25, 0.3) is 0 Å². The van der Waals surface area contributed by atoms with Gasteiger partial charge in [0, 0.05) is 56.7 Å². The Morgan fingerprint density at radius 1 is 1.07 bits per heavy atom. The minimum atomic E-state index is -0.131. The number of amides is 2. The van der Waals surface area contributed by atoms with Gasteiger partial charge in [-0.05, 0) is 36.1 Å². The predicted octanol–water partition coefficient (Wildman–Crippen LogP) is 1.90. The average molecular weight is 409 g/mol. The molecule has 30 heavy (non-hydrogen) atoms. The molecule has 7 nitrogen and oxygen atoms in total. The third-order valence-electron chi connectivity index (χ3n) is 6.05. The largest absolute Gasteiger partial charge is 0.497 e. The lowest BCUT2D eigenvalue weighted by molar-refractivity contribution is -0.136. The van der Waals surface area contributed by atoms with Crippen LogP contribution in [0.5, 0.6) is 5.75 Å². The smallest absolute Gasteiger partial charge is 0.250 e. The van der Waals surface area contributed by atoms with Crippen LogP contribution < -0.4 is 15.6 Å². The van der Waals surface area contributed by atoms with Crippen molar-refractivity contribution >= 4 is 11.8 Å². The van der Waals surface area contributed by atoms with E-state index in [2.05, 4.69) is 5.32 Å². The summed E-state index contributed by atoms with van der Waals surface area (Å²) in [5.74, 6) is 1.14. The van der Waals surface area contributed by atoms with E-state index in [-0.39, 0.29) is 36.1 Å². The molecular formula is C23H27N3O4. The molecule has 2 aliphatic heterocycles. The van der Waals surface area contributed by atoms with Crippen molar-refractivity contribution in [3.05, 3.63) is 64.1 Å².